The Labute approximate surface area is 126 Å². The topological polar surface area (TPSA) is 79.3 Å². The summed E-state index contributed by atoms with van der Waals surface area (Å²) in [5.41, 5.74) is 1.39. The lowest BCUT2D eigenvalue weighted by molar-refractivity contribution is -0.137. The smallest absolute Gasteiger partial charge is 0.304 e. The lowest BCUT2D eigenvalue weighted by Gasteiger charge is -2.13. The van der Waals surface area contributed by atoms with Crippen molar-refractivity contribution < 1.29 is 14.7 Å². The van der Waals surface area contributed by atoms with Crippen LogP contribution in [-0.2, 0) is 9.59 Å². The maximum atomic E-state index is 12.1. The van der Waals surface area contributed by atoms with Gasteiger partial charge in [0.2, 0.25) is 5.91 Å². The number of aryl methyl sites for hydroxylation is 1. The van der Waals surface area contributed by atoms with E-state index in [1.54, 1.807) is 18.3 Å². The van der Waals surface area contributed by atoms with Crippen LogP contribution in [0.2, 0.25) is 0 Å². The normalized spacial score (nSPS) is 11.9. The molecule has 1 amide bonds. The van der Waals surface area contributed by atoms with E-state index in [0.717, 1.165) is 10.6 Å². The molecular formula is C15H16N2O3S. The molecule has 0 fully saturated rings. The van der Waals surface area contributed by atoms with E-state index >= 15 is 0 Å². The third-order valence-electron chi connectivity index (χ3n) is 3.08. The van der Waals surface area contributed by atoms with Crippen molar-refractivity contribution in [2.75, 3.05) is 5.32 Å². The average Bonchev–Trinajstić information content (AvgIpc) is 2.94. The van der Waals surface area contributed by atoms with Gasteiger partial charge in [0.05, 0.1) is 17.8 Å². The number of nitrogens with zero attached hydrogens (tertiary/aromatic N) is 1. The number of carbonyl (C=O) groups is 2. The number of thiophene rings is 1. The largest absolute Gasteiger partial charge is 0.481 e. The van der Waals surface area contributed by atoms with Crippen LogP contribution in [0.5, 0.6) is 0 Å². The number of aromatic nitrogens is 1. The summed E-state index contributed by atoms with van der Waals surface area (Å²) >= 11 is 1.47. The van der Waals surface area contributed by atoms with Crippen molar-refractivity contribution in [3.05, 3.63) is 46.4 Å². The molecule has 2 N–H and O–H groups in total. The van der Waals surface area contributed by atoms with E-state index in [1.165, 1.54) is 11.3 Å². The molecule has 0 aliphatic carbocycles. The van der Waals surface area contributed by atoms with Crippen molar-refractivity contribution in [2.45, 2.75) is 25.7 Å². The maximum Gasteiger partial charge on any atom is 0.304 e. The number of hydrogen-bond donors (Lipinski definition) is 2. The number of anilines is 1. The van der Waals surface area contributed by atoms with Gasteiger partial charge in [0.15, 0.2) is 0 Å². The summed E-state index contributed by atoms with van der Waals surface area (Å²) < 4.78 is 0. The Morgan fingerprint density at radius 2 is 2.14 bits per heavy atom. The third-order valence-corrected chi connectivity index (χ3v) is 4.11. The number of carbonyl (C=O) groups excluding carboxylic acids is 1. The Morgan fingerprint density at radius 3 is 2.76 bits per heavy atom. The summed E-state index contributed by atoms with van der Waals surface area (Å²) in [4.78, 5) is 28.1. The number of carboxylic acids is 1. The van der Waals surface area contributed by atoms with Gasteiger partial charge in [-0.1, -0.05) is 6.07 Å². The summed E-state index contributed by atoms with van der Waals surface area (Å²) in [6, 6.07) is 7.24. The number of hydrogen-bond acceptors (Lipinski definition) is 4. The van der Waals surface area contributed by atoms with Crippen LogP contribution in [0.25, 0.3) is 0 Å². The molecule has 0 aromatic carbocycles. The molecule has 21 heavy (non-hydrogen) atoms. The van der Waals surface area contributed by atoms with Crippen LogP contribution in [-0.4, -0.2) is 22.0 Å². The Bertz CT molecular complexity index is 626. The minimum atomic E-state index is -0.904. The predicted octanol–water partition coefficient (Wildman–Crippen LogP) is 3.04. The number of nitrogens with one attached hydrogen (secondary N) is 1. The van der Waals surface area contributed by atoms with Crippen molar-refractivity contribution >= 4 is 28.9 Å². The lowest BCUT2D eigenvalue weighted by atomic mass is 9.99. The molecule has 0 spiro atoms. The van der Waals surface area contributed by atoms with Gasteiger partial charge < -0.3 is 10.4 Å². The highest BCUT2D eigenvalue weighted by molar-refractivity contribution is 7.10. The second-order valence-electron chi connectivity index (χ2n) is 4.70. The molecule has 0 aliphatic heterocycles. The Hall–Kier alpha value is -2.21. The van der Waals surface area contributed by atoms with E-state index in [0.29, 0.717) is 5.69 Å². The minimum absolute atomic E-state index is 0.0556. The minimum Gasteiger partial charge on any atom is -0.481 e. The first-order chi connectivity index (χ1) is 10.1. The zero-order valence-electron chi connectivity index (χ0n) is 11.6. The Morgan fingerprint density at radius 1 is 1.33 bits per heavy atom. The van der Waals surface area contributed by atoms with Crippen LogP contribution < -0.4 is 5.32 Å². The van der Waals surface area contributed by atoms with Gasteiger partial charge in [-0.3, -0.25) is 14.6 Å². The van der Waals surface area contributed by atoms with Crippen molar-refractivity contribution in [3.63, 3.8) is 0 Å². The van der Waals surface area contributed by atoms with Gasteiger partial charge in [-0.05, 0) is 30.5 Å². The van der Waals surface area contributed by atoms with Gasteiger partial charge in [0.25, 0.3) is 0 Å². The molecule has 0 aliphatic rings. The number of aliphatic carboxylic acids is 1. The fraction of sp³-hybridized carbons (Fsp3) is 0.267. The molecule has 2 aromatic heterocycles. The summed E-state index contributed by atoms with van der Waals surface area (Å²) in [5, 5.41) is 13.7. The van der Waals surface area contributed by atoms with Crippen LogP contribution in [0.3, 0.4) is 0 Å². The molecule has 0 radical (unpaired) electrons. The van der Waals surface area contributed by atoms with Crippen LogP contribution in [0, 0.1) is 6.92 Å². The van der Waals surface area contributed by atoms with E-state index in [4.69, 9.17) is 5.11 Å². The Balaban J connectivity index is 2.05. The van der Waals surface area contributed by atoms with Crippen LogP contribution in [0.1, 0.15) is 29.3 Å². The standard InChI is InChI=1S/C15H16N2O3S/c1-10-12(4-2-6-16-10)17-14(18)8-11(9-15(19)20)13-5-3-7-21-13/h2-7,11H,8-9H2,1H3,(H,17,18)(H,19,20). The molecule has 6 heteroatoms. The summed E-state index contributed by atoms with van der Waals surface area (Å²) in [6.07, 6.45) is 1.74. The molecule has 2 heterocycles. The Kier molecular flexibility index (Phi) is 5.05. The summed E-state index contributed by atoms with van der Waals surface area (Å²) in [5.74, 6) is -1.41. The molecule has 0 saturated carbocycles. The zero-order valence-corrected chi connectivity index (χ0v) is 12.4. The van der Waals surface area contributed by atoms with Crippen molar-refractivity contribution in [1.29, 1.82) is 0 Å². The van der Waals surface area contributed by atoms with E-state index in [9.17, 15) is 9.59 Å². The number of carboxylic acid groups (broad SMARTS) is 1. The van der Waals surface area contributed by atoms with Crippen molar-refractivity contribution in [1.82, 2.24) is 4.98 Å². The monoisotopic (exact) mass is 304 g/mol. The van der Waals surface area contributed by atoms with Crippen molar-refractivity contribution in [3.8, 4) is 0 Å². The number of rotatable bonds is 6. The zero-order chi connectivity index (χ0) is 15.2. The molecule has 1 atom stereocenters. The second kappa shape index (κ2) is 6.99. The van der Waals surface area contributed by atoms with Crippen LogP contribution in [0.15, 0.2) is 35.8 Å². The van der Waals surface area contributed by atoms with E-state index in [1.807, 2.05) is 24.4 Å². The van der Waals surface area contributed by atoms with Crippen molar-refractivity contribution in [2.24, 2.45) is 0 Å². The quantitative estimate of drug-likeness (QED) is 0.859. The van der Waals surface area contributed by atoms with E-state index in [2.05, 4.69) is 10.3 Å². The van der Waals surface area contributed by atoms with Gasteiger partial charge in [-0.2, -0.15) is 0 Å². The second-order valence-corrected chi connectivity index (χ2v) is 5.68. The fourth-order valence-electron chi connectivity index (χ4n) is 2.05. The third kappa shape index (κ3) is 4.39. The first-order valence-electron chi connectivity index (χ1n) is 6.53. The molecule has 2 rings (SSSR count). The van der Waals surface area contributed by atoms with Gasteiger partial charge >= 0.3 is 5.97 Å². The average molecular weight is 304 g/mol. The molecule has 5 nitrogen and oxygen atoms in total. The summed E-state index contributed by atoms with van der Waals surface area (Å²) in [7, 11) is 0. The molecular weight excluding hydrogens is 288 g/mol. The highest BCUT2D eigenvalue weighted by Crippen LogP contribution is 2.28. The molecule has 0 bridgehead atoms. The predicted molar refractivity (Wildman–Crippen MR) is 81.5 cm³/mol. The highest BCUT2D eigenvalue weighted by atomic mass is 32.1. The molecule has 0 saturated heterocycles. The fourth-order valence-corrected chi connectivity index (χ4v) is 2.88. The SMILES string of the molecule is Cc1ncccc1NC(=O)CC(CC(=O)O)c1cccs1. The molecule has 110 valence electrons. The lowest BCUT2D eigenvalue weighted by Crippen LogP contribution is -2.17. The van der Waals surface area contributed by atoms with E-state index in [-0.39, 0.29) is 24.7 Å². The van der Waals surface area contributed by atoms with E-state index < -0.39 is 5.97 Å². The first-order valence-corrected chi connectivity index (χ1v) is 7.41. The molecule has 2 aromatic rings. The number of pyridine rings is 1. The first kappa shape index (κ1) is 15.2. The maximum absolute atomic E-state index is 12.1. The van der Waals surface area contributed by atoms with Crippen LogP contribution in [0.4, 0.5) is 5.69 Å². The summed E-state index contributed by atoms with van der Waals surface area (Å²) in [6.45, 7) is 1.81. The van der Waals surface area contributed by atoms with Gasteiger partial charge in [-0.25, -0.2) is 0 Å². The number of amides is 1. The van der Waals surface area contributed by atoms with Gasteiger partial charge in [0.1, 0.15) is 0 Å². The van der Waals surface area contributed by atoms with Gasteiger partial charge in [-0.15, -0.1) is 11.3 Å². The van der Waals surface area contributed by atoms with Gasteiger partial charge in [0, 0.05) is 23.4 Å². The van der Waals surface area contributed by atoms with Crippen LogP contribution >= 0.6 is 11.3 Å². The highest BCUT2D eigenvalue weighted by Gasteiger charge is 2.20. The molecule has 1 unspecified atom stereocenters.